The minimum absolute atomic E-state index is 0.00497. The number of aromatic nitrogens is 1. The lowest BCUT2D eigenvalue weighted by Crippen LogP contribution is -2.51. The molecule has 1 saturated heterocycles. The summed E-state index contributed by atoms with van der Waals surface area (Å²) < 4.78 is 13.8. The van der Waals surface area contributed by atoms with Crippen LogP contribution in [-0.2, 0) is 11.2 Å². The minimum atomic E-state index is -0.390. The highest BCUT2D eigenvalue weighted by Crippen LogP contribution is 2.15. The van der Waals surface area contributed by atoms with Crippen molar-refractivity contribution in [2.45, 2.75) is 13.3 Å². The van der Waals surface area contributed by atoms with Crippen LogP contribution in [-0.4, -0.2) is 77.7 Å². The summed E-state index contributed by atoms with van der Waals surface area (Å²) in [4.78, 5) is 46.4. The van der Waals surface area contributed by atoms with E-state index in [-0.39, 0.29) is 35.7 Å². The Hall–Kier alpha value is -3.29. The van der Waals surface area contributed by atoms with Crippen LogP contribution in [0.5, 0.6) is 0 Å². The van der Waals surface area contributed by atoms with Gasteiger partial charge in [0, 0.05) is 40.3 Å². The molecule has 2 heterocycles. The van der Waals surface area contributed by atoms with Crippen molar-refractivity contribution >= 4 is 17.7 Å². The molecule has 0 saturated carbocycles. The Balaban J connectivity index is 1.61. The van der Waals surface area contributed by atoms with Crippen molar-refractivity contribution in [1.29, 1.82) is 0 Å². The lowest BCUT2D eigenvalue weighted by Gasteiger charge is -2.35. The van der Waals surface area contributed by atoms with E-state index in [0.717, 1.165) is 0 Å². The van der Waals surface area contributed by atoms with E-state index in [9.17, 15) is 18.8 Å². The molecule has 0 atom stereocenters. The van der Waals surface area contributed by atoms with Gasteiger partial charge in [0.25, 0.3) is 11.8 Å². The van der Waals surface area contributed by atoms with Gasteiger partial charge in [0.05, 0.1) is 17.7 Å². The third kappa shape index (κ3) is 4.64. The number of pyridine rings is 1. The van der Waals surface area contributed by atoms with Crippen molar-refractivity contribution < 1.29 is 18.8 Å². The van der Waals surface area contributed by atoms with Crippen molar-refractivity contribution in [2.75, 3.05) is 40.3 Å². The lowest BCUT2D eigenvalue weighted by molar-refractivity contribution is -0.132. The van der Waals surface area contributed by atoms with E-state index < -0.39 is 0 Å². The first-order valence-corrected chi connectivity index (χ1v) is 9.77. The van der Waals surface area contributed by atoms with Gasteiger partial charge in [0.2, 0.25) is 5.91 Å². The fourth-order valence-corrected chi connectivity index (χ4v) is 3.38. The summed E-state index contributed by atoms with van der Waals surface area (Å²) in [7, 11) is 3.29. The molecule has 3 rings (SSSR count). The quantitative estimate of drug-likeness (QED) is 0.767. The molecule has 1 aromatic heterocycles. The maximum absolute atomic E-state index is 13.8. The number of benzene rings is 1. The Kier molecular flexibility index (Phi) is 6.44. The first-order chi connectivity index (χ1) is 14.3. The van der Waals surface area contributed by atoms with Gasteiger partial charge in [-0.25, -0.2) is 9.37 Å². The van der Waals surface area contributed by atoms with E-state index in [1.807, 2.05) is 0 Å². The summed E-state index contributed by atoms with van der Waals surface area (Å²) in [5.74, 6) is -0.945. The van der Waals surface area contributed by atoms with Crippen LogP contribution in [0.4, 0.5) is 4.39 Å². The standard InChI is InChI=1S/C22H25FN4O3/c1-15-17(8-9-19(24-15)22(30)25(2)3)21(29)27-12-10-26(11-13-27)20(28)14-16-6-4-5-7-18(16)23/h4-9H,10-14H2,1-3H3. The summed E-state index contributed by atoms with van der Waals surface area (Å²) in [5, 5.41) is 0. The molecule has 1 fully saturated rings. The van der Waals surface area contributed by atoms with Crippen molar-refractivity contribution in [3.8, 4) is 0 Å². The number of aryl methyl sites for hydroxylation is 1. The fraction of sp³-hybridized carbons (Fsp3) is 0.364. The molecule has 158 valence electrons. The lowest BCUT2D eigenvalue weighted by atomic mass is 10.1. The second-order valence-electron chi connectivity index (χ2n) is 7.47. The predicted molar refractivity (Wildman–Crippen MR) is 110 cm³/mol. The molecule has 0 spiro atoms. The zero-order chi connectivity index (χ0) is 21.8. The third-order valence-electron chi connectivity index (χ3n) is 5.16. The molecular weight excluding hydrogens is 387 g/mol. The topological polar surface area (TPSA) is 73.8 Å². The van der Waals surface area contributed by atoms with Gasteiger partial charge in [-0.1, -0.05) is 18.2 Å². The van der Waals surface area contributed by atoms with Gasteiger partial charge in [0.15, 0.2) is 0 Å². The van der Waals surface area contributed by atoms with Crippen LogP contribution < -0.4 is 0 Å². The summed E-state index contributed by atoms with van der Waals surface area (Å²) in [5.41, 5.74) is 1.59. The average Bonchev–Trinajstić information content (AvgIpc) is 2.74. The molecule has 1 aromatic carbocycles. The van der Waals surface area contributed by atoms with Crippen molar-refractivity contribution in [2.24, 2.45) is 0 Å². The summed E-state index contributed by atoms with van der Waals surface area (Å²) in [6, 6.07) is 9.41. The zero-order valence-corrected chi connectivity index (χ0v) is 17.4. The molecular formula is C22H25FN4O3. The van der Waals surface area contributed by atoms with Crippen LogP contribution in [0.25, 0.3) is 0 Å². The van der Waals surface area contributed by atoms with Crippen LogP contribution in [0.2, 0.25) is 0 Å². The van der Waals surface area contributed by atoms with Crippen LogP contribution in [0.1, 0.15) is 32.1 Å². The molecule has 0 bridgehead atoms. The Morgan fingerprint density at radius 2 is 1.63 bits per heavy atom. The highest BCUT2D eigenvalue weighted by molar-refractivity contribution is 5.97. The molecule has 3 amide bonds. The van der Waals surface area contributed by atoms with Crippen LogP contribution in [0.15, 0.2) is 36.4 Å². The van der Waals surface area contributed by atoms with E-state index in [1.54, 1.807) is 61.2 Å². The van der Waals surface area contributed by atoms with Crippen LogP contribution in [0, 0.1) is 12.7 Å². The van der Waals surface area contributed by atoms with E-state index in [1.165, 1.54) is 11.0 Å². The van der Waals surface area contributed by atoms with Crippen LogP contribution in [0.3, 0.4) is 0 Å². The first-order valence-electron chi connectivity index (χ1n) is 9.77. The number of piperazine rings is 1. The molecule has 0 aliphatic carbocycles. The van der Waals surface area contributed by atoms with E-state index >= 15 is 0 Å². The van der Waals surface area contributed by atoms with Gasteiger partial charge in [-0.2, -0.15) is 0 Å². The number of amides is 3. The first kappa shape index (κ1) is 21.4. The average molecular weight is 412 g/mol. The molecule has 0 unspecified atom stereocenters. The van der Waals surface area contributed by atoms with Gasteiger partial charge < -0.3 is 14.7 Å². The largest absolute Gasteiger partial charge is 0.343 e. The zero-order valence-electron chi connectivity index (χ0n) is 17.4. The monoisotopic (exact) mass is 412 g/mol. The molecule has 0 radical (unpaired) electrons. The maximum Gasteiger partial charge on any atom is 0.271 e. The van der Waals surface area contributed by atoms with Gasteiger partial charge in [-0.3, -0.25) is 14.4 Å². The number of hydrogen-bond acceptors (Lipinski definition) is 4. The Bertz CT molecular complexity index is 969. The summed E-state index contributed by atoms with van der Waals surface area (Å²) >= 11 is 0. The second kappa shape index (κ2) is 9.02. The highest BCUT2D eigenvalue weighted by Gasteiger charge is 2.26. The number of nitrogens with zero attached hydrogens (tertiary/aromatic N) is 4. The number of carbonyl (C=O) groups is 3. The van der Waals surface area contributed by atoms with E-state index in [0.29, 0.717) is 43.0 Å². The molecule has 8 heteroatoms. The molecule has 1 aliphatic heterocycles. The highest BCUT2D eigenvalue weighted by atomic mass is 19.1. The van der Waals surface area contributed by atoms with Crippen molar-refractivity contribution in [3.63, 3.8) is 0 Å². The molecule has 0 N–H and O–H groups in total. The number of rotatable bonds is 4. The smallest absolute Gasteiger partial charge is 0.271 e. The van der Waals surface area contributed by atoms with Gasteiger partial charge >= 0.3 is 0 Å². The third-order valence-corrected chi connectivity index (χ3v) is 5.16. The Morgan fingerprint density at radius 3 is 2.23 bits per heavy atom. The van der Waals surface area contributed by atoms with Crippen molar-refractivity contribution in [3.05, 3.63) is 64.7 Å². The van der Waals surface area contributed by atoms with E-state index in [2.05, 4.69) is 4.98 Å². The molecule has 30 heavy (non-hydrogen) atoms. The SMILES string of the molecule is Cc1nc(C(=O)N(C)C)ccc1C(=O)N1CCN(C(=O)Cc2ccccc2F)CC1. The Morgan fingerprint density at radius 1 is 1.00 bits per heavy atom. The molecule has 7 nitrogen and oxygen atoms in total. The van der Waals surface area contributed by atoms with Gasteiger partial charge in [0.1, 0.15) is 11.5 Å². The molecule has 1 aliphatic rings. The van der Waals surface area contributed by atoms with E-state index in [4.69, 9.17) is 0 Å². The van der Waals surface area contributed by atoms with Crippen LogP contribution >= 0.6 is 0 Å². The van der Waals surface area contributed by atoms with Crippen molar-refractivity contribution in [1.82, 2.24) is 19.7 Å². The minimum Gasteiger partial charge on any atom is -0.343 e. The molecule has 2 aromatic rings. The second-order valence-corrected chi connectivity index (χ2v) is 7.47. The van der Waals surface area contributed by atoms with Gasteiger partial charge in [-0.05, 0) is 30.7 Å². The Labute approximate surface area is 175 Å². The normalized spacial score (nSPS) is 13.9. The fourth-order valence-electron chi connectivity index (χ4n) is 3.38. The predicted octanol–water partition coefficient (Wildman–Crippen LogP) is 1.76. The summed E-state index contributed by atoms with van der Waals surface area (Å²) in [6.07, 6.45) is 0.00497. The number of carbonyl (C=O) groups excluding carboxylic acids is 3. The number of halogens is 1. The van der Waals surface area contributed by atoms with Gasteiger partial charge in [-0.15, -0.1) is 0 Å². The maximum atomic E-state index is 13.8. The summed E-state index contributed by atoms with van der Waals surface area (Å²) in [6.45, 7) is 3.26. The number of hydrogen-bond donors (Lipinski definition) is 0.